The van der Waals surface area contributed by atoms with E-state index in [4.69, 9.17) is 5.73 Å². The zero-order chi connectivity index (χ0) is 10.8. The van der Waals surface area contributed by atoms with Crippen molar-refractivity contribution in [1.82, 2.24) is 9.97 Å². The summed E-state index contributed by atoms with van der Waals surface area (Å²) in [4.78, 5) is 7.23. The number of H-pyrrole nitrogens is 1. The van der Waals surface area contributed by atoms with E-state index in [1.165, 1.54) is 12.1 Å². The zero-order valence-electron chi connectivity index (χ0n) is 8.37. The van der Waals surface area contributed by atoms with Crippen molar-refractivity contribution in [3.05, 3.63) is 42.1 Å². The summed E-state index contributed by atoms with van der Waals surface area (Å²) in [7, 11) is 0. The van der Waals surface area contributed by atoms with Gasteiger partial charge in [0.05, 0.1) is 17.9 Å². The first-order valence-corrected chi connectivity index (χ1v) is 4.73. The molecule has 0 radical (unpaired) electrons. The van der Waals surface area contributed by atoms with Gasteiger partial charge < -0.3 is 10.7 Å². The number of nitrogens with one attached hydrogen (secondary N) is 1. The van der Waals surface area contributed by atoms with E-state index in [1.807, 2.05) is 6.92 Å². The minimum atomic E-state index is -0.245. The minimum Gasteiger partial charge on any atom is -0.341 e. The van der Waals surface area contributed by atoms with Gasteiger partial charge in [0.2, 0.25) is 0 Å². The maximum atomic E-state index is 12.7. The third-order valence-electron chi connectivity index (χ3n) is 2.18. The third-order valence-corrected chi connectivity index (χ3v) is 2.18. The molecule has 0 aliphatic carbocycles. The average Bonchev–Trinajstić information content (AvgIpc) is 2.68. The van der Waals surface area contributed by atoms with Crippen molar-refractivity contribution in [2.75, 3.05) is 0 Å². The van der Waals surface area contributed by atoms with Crippen LogP contribution in [-0.4, -0.2) is 9.97 Å². The number of hydrogen-bond donors (Lipinski definition) is 2. The Morgan fingerprint density at radius 1 is 1.33 bits per heavy atom. The van der Waals surface area contributed by atoms with Gasteiger partial charge in [-0.15, -0.1) is 0 Å². The lowest BCUT2D eigenvalue weighted by Crippen LogP contribution is -2.06. The molecule has 0 fully saturated rings. The van der Waals surface area contributed by atoms with Crippen LogP contribution in [-0.2, 0) is 0 Å². The molecule has 0 aliphatic heterocycles. The molecule has 3 N–H and O–H groups in total. The molecule has 2 rings (SSSR count). The van der Waals surface area contributed by atoms with Crippen molar-refractivity contribution in [2.45, 2.75) is 13.0 Å². The fourth-order valence-electron chi connectivity index (χ4n) is 1.34. The normalized spacial score (nSPS) is 12.7. The molecule has 1 atom stereocenters. The van der Waals surface area contributed by atoms with Gasteiger partial charge in [0.1, 0.15) is 11.6 Å². The molecular weight excluding hydrogens is 193 g/mol. The summed E-state index contributed by atoms with van der Waals surface area (Å²) < 4.78 is 12.7. The second kappa shape index (κ2) is 3.82. The first-order chi connectivity index (χ1) is 7.16. The van der Waals surface area contributed by atoms with E-state index >= 15 is 0 Å². The van der Waals surface area contributed by atoms with Crippen LogP contribution in [0.25, 0.3) is 11.3 Å². The van der Waals surface area contributed by atoms with Crippen molar-refractivity contribution in [2.24, 2.45) is 5.73 Å². The fourth-order valence-corrected chi connectivity index (χ4v) is 1.34. The molecule has 2 aromatic rings. The summed E-state index contributed by atoms with van der Waals surface area (Å²) in [6.45, 7) is 1.85. The zero-order valence-corrected chi connectivity index (χ0v) is 8.37. The Morgan fingerprint density at radius 3 is 2.53 bits per heavy atom. The molecule has 0 aliphatic rings. The molecule has 4 heteroatoms. The van der Waals surface area contributed by atoms with Crippen LogP contribution in [0.2, 0.25) is 0 Å². The van der Waals surface area contributed by atoms with E-state index in [0.29, 0.717) is 0 Å². The van der Waals surface area contributed by atoms with Gasteiger partial charge in [-0.25, -0.2) is 9.37 Å². The lowest BCUT2D eigenvalue weighted by atomic mass is 10.2. The average molecular weight is 205 g/mol. The van der Waals surface area contributed by atoms with Gasteiger partial charge in [0.25, 0.3) is 0 Å². The maximum Gasteiger partial charge on any atom is 0.123 e. The van der Waals surface area contributed by atoms with Crippen molar-refractivity contribution >= 4 is 0 Å². The van der Waals surface area contributed by atoms with Crippen molar-refractivity contribution in [3.63, 3.8) is 0 Å². The standard InChI is InChI=1S/C11H12FN3/c1-7(13)11-14-6-10(15-11)8-2-4-9(12)5-3-8/h2-7H,13H2,1H3,(H,14,15). The number of hydrogen-bond acceptors (Lipinski definition) is 2. The summed E-state index contributed by atoms with van der Waals surface area (Å²) >= 11 is 0. The van der Waals surface area contributed by atoms with Gasteiger partial charge in [-0.3, -0.25) is 0 Å². The number of nitrogens with two attached hydrogens (primary N) is 1. The highest BCUT2D eigenvalue weighted by atomic mass is 19.1. The summed E-state index contributed by atoms with van der Waals surface area (Å²) in [5.41, 5.74) is 7.42. The SMILES string of the molecule is CC(N)c1ncc(-c2ccc(F)cc2)[nH]1. The number of nitrogens with zero attached hydrogens (tertiary/aromatic N) is 1. The minimum absolute atomic E-state index is 0.126. The highest BCUT2D eigenvalue weighted by Gasteiger charge is 2.06. The Bertz CT molecular complexity index is 445. The van der Waals surface area contributed by atoms with Gasteiger partial charge >= 0.3 is 0 Å². The fraction of sp³-hybridized carbons (Fsp3) is 0.182. The molecule has 0 saturated carbocycles. The summed E-state index contributed by atoms with van der Waals surface area (Å²) in [5.74, 6) is 0.486. The van der Waals surface area contributed by atoms with Gasteiger partial charge in [0.15, 0.2) is 0 Å². The largest absolute Gasteiger partial charge is 0.341 e. The Hall–Kier alpha value is -1.68. The van der Waals surface area contributed by atoms with Crippen molar-refractivity contribution in [1.29, 1.82) is 0 Å². The van der Waals surface area contributed by atoms with Crippen LogP contribution in [0.5, 0.6) is 0 Å². The number of rotatable bonds is 2. The van der Waals surface area contributed by atoms with Crippen molar-refractivity contribution in [3.8, 4) is 11.3 Å². The first kappa shape index (κ1) is 9.86. The van der Waals surface area contributed by atoms with E-state index in [2.05, 4.69) is 9.97 Å². The van der Waals surface area contributed by atoms with E-state index in [0.717, 1.165) is 17.1 Å². The molecule has 1 aromatic heterocycles. The molecule has 78 valence electrons. The van der Waals surface area contributed by atoms with E-state index in [-0.39, 0.29) is 11.9 Å². The molecule has 1 aromatic carbocycles. The van der Waals surface area contributed by atoms with Gasteiger partial charge in [-0.2, -0.15) is 0 Å². The predicted octanol–water partition coefficient (Wildman–Crippen LogP) is 2.24. The first-order valence-electron chi connectivity index (χ1n) is 4.73. The predicted molar refractivity (Wildman–Crippen MR) is 56.6 cm³/mol. The highest BCUT2D eigenvalue weighted by Crippen LogP contribution is 2.18. The smallest absolute Gasteiger partial charge is 0.123 e. The molecule has 0 bridgehead atoms. The van der Waals surface area contributed by atoms with E-state index in [9.17, 15) is 4.39 Å². The van der Waals surface area contributed by atoms with Gasteiger partial charge in [-0.1, -0.05) is 0 Å². The molecule has 1 unspecified atom stereocenters. The van der Waals surface area contributed by atoms with Crippen molar-refractivity contribution < 1.29 is 4.39 Å². The Kier molecular flexibility index (Phi) is 2.51. The number of aromatic amines is 1. The van der Waals surface area contributed by atoms with Gasteiger partial charge in [0, 0.05) is 0 Å². The van der Waals surface area contributed by atoms with E-state index in [1.54, 1.807) is 18.3 Å². The summed E-state index contributed by atoms with van der Waals surface area (Å²) in [5, 5.41) is 0. The van der Waals surface area contributed by atoms with Crippen LogP contribution in [0.4, 0.5) is 4.39 Å². The highest BCUT2D eigenvalue weighted by molar-refractivity contribution is 5.58. The van der Waals surface area contributed by atoms with Gasteiger partial charge in [-0.05, 0) is 36.8 Å². The van der Waals surface area contributed by atoms with Crippen LogP contribution in [0.3, 0.4) is 0 Å². The molecule has 0 saturated heterocycles. The van der Waals surface area contributed by atoms with Crippen LogP contribution in [0.15, 0.2) is 30.5 Å². The second-order valence-electron chi connectivity index (χ2n) is 3.48. The Labute approximate surface area is 87.2 Å². The van der Waals surface area contributed by atoms with Crippen LogP contribution >= 0.6 is 0 Å². The van der Waals surface area contributed by atoms with E-state index < -0.39 is 0 Å². The second-order valence-corrected chi connectivity index (χ2v) is 3.48. The number of aromatic nitrogens is 2. The monoisotopic (exact) mass is 205 g/mol. The lowest BCUT2D eigenvalue weighted by Gasteiger charge is -1.99. The molecule has 0 spiro atoms. The summed E-state index contributed by atoms with van der Waals surface area (Å²) in [6.07, 6.45) is 1.70. The lowest BCUT2D eigenvalue weighted by molar-refractivity contribution is 0.628. The Balaban J connectivity index is 2.33. The van der Waals surface area contributed by atoms with Crippen LogP contribution < -0.4 is 5.73 Å². The molecule has 0 amide bonds. The number of benzene rings is 1. The third kappa shape index (κ3) is 2.05. The number of halogens is 1. The molecule has 3 nitrogen and oxygen atoms in total. The quantitative estimate of drug-likeness (QED) is 0.789. The van der Waals surface area contributed by atoms with Crippen LogP contribution in [0.1, 0.15) is 18.8 Å². The summed E-state index contributed by atoms with van der Waals surface area (Å²) in [6, 6.07) is 6.12. The number of imidazole rings is 1. The molecule has 1 heterocycles. The van der Waals surface area contributed by atoms with Crippen LogP contribution in [0, 0.1) is 5.82 Å². The topological polar surface area (TPSA) is 54.7 Å². The maximum absolute atomic E-state index is 12.7. The Morgan fingerprint density at radius 2 is 2.00 bits per heavy atom. The molecular formula is C11H12FN3. The molecule has 15 heavy (non-hydrogen) atoms.